The van der Waals surface area contributed by atoms with Crippen LogP contribution < -0.4 is 5.73 Å². The third-order valence-corrected chi connectivity index (χ3v) is 4.08. The van der Waals surface area contributed by atoms with Crippen LogP contribution in [-0.2, 0) is 0 Å². The minimum atomic E-state index is 0.572. The van der Waals surface area contributed by atoms with Gasteiger partial charge in [-0.15, -0.1) is 0 Å². The van der Waals surface area contributed by atoms with Gasteiger partial charge in [0.2, 0.25) is 0 Å². The van der Waals surface area contributed by atoms with Crippen LogP contribution in [0.1, 0.15) is 0 Å². The summed E-state index contributed by atoms with van der Waals surface area (Å²) in [6.07, 6.45) is 1.66. The molecule has 0 aliphatic carbocycles. The molecule has 0 atom stereocenters. The van der Waals surface area contributed by atoms with E-state index in [2.05, 4.69) is 65.6 Å². The number of rotatable bonds is 0. The number of anilines is 1. The monoisotopic (exact) mass is 296 g/mol. The maximum Gasteiger partial charge on any atom is 0.123 e. The highest BCUT2D eigenvalue weighted by Crippen LogP contribution is 2.33. The number of nitrogens with zero attached hydrogens (tertiary/aromatic N) is 1. The Balaban J connectivity index is 0.000000164. The summed E-state index contributed by atoms with van der Waals surface area (Å²) in [7, 11) is 0. The molecule has 0 aliphatic heterocycles. The first-order valence-corrected chi connectivity index (χ1v) is 7.62. The summed E-state index contributed by atoms with van der Waals surface area (Å²) in [5.74, 6) is 0.572. The molecule has 2 nitrogen and oxygen atoms in total. The lowest BCUT2D eigenvalue weighted by atomic mass is 9.95. The van der Waals surface area contributed by atoms with Crippen LogP contribution in [0.15, 0.2) is 85.1 Å². The van der Waals surface area contributed by atoms with E-state index in [4.69, 9.17) is 5.73 Å². The van der Waals surface area contributed by atoms with Crippen LogP contribution in [0.25, 0.3) is 32.3 Å². The molecular weight excluding hydrogens is 280 g/mol. The van der Waals surface area contributed by atoms with Gasteiger partial charge in [-0.3, -0.25) is 0 Å². The van der Waals surface area contributed by atoms with E-state index in [1.165, 1.54) is 32.3 Å². The molecule has 23 heavy (non-hydrogen) atoms. The zero-order valence-corrected chi connectivity index (χ0v) is 12.6. The van der Waals surface area contributed by atoms with Crippen LogP contribution in [0.4, 0.5) is 5.82 Å². The average molecular weight is 296 g/mol. The summed E-state index contributed by atoms with van der Waals surface area (Å²) in [6.45, 7) is 0. The maximum absolute atomic E-state index is 5.25. The van der Waals surface area contributed by atoms with E-state index in [-0.39, 0.29) is 0 Å². The molecular formula is C21H16N2. The van der Waals surface area contributed by atoms with E-state index in [9.17, 15) is 0 Å². The largest absolute Gasteiger partial charge is 0.384 e. The van der Waals surface area contributed by atoms with Crippen molar-refractivity contribution in [2.75, 3.05) is 5.73 Å². The summed E-state index contributed by atoms with van der Waals surface area (Å²) in [5.41, 5.74) is 5.25. The smallest absolute Gasteiger partial charge is 0.123 e. The first kappa shape index (κ1) is 13.5. The number of aromatic nitrogens is 1. The van der Waals surface area contributed by atoms with Gasteiger partial charge in [0.25, 0.3) is 0 Å². The van der Waals surface area contributed by atoms with Gasteiger partial charge in [0, 0.05) is 6.20 Å². The van der Waals surface area contributed by atoms with E-state index in [0.717, 1.165) is 0 Å². The van der Waals surface area contributed by atoms with E-state index < -0.39 is 0 Å². The molecule has 0 aliphatic rings. The van der Waals surface area contributed by atoms with Crippen LogP contribution >= 0.6 is 0 Å². The molecule has 0 fully saturated rings. The number of nitrogens with two attached hydrogens (primary N) is 1. The summed E-state index contributed by atoms with van der Waals surface area (Å²) in [6, 6.07) is 27.3. The topological polar surface area (TPSA) is 38.9 Å². The number of benzene rings is 4. The van der Waals surface area contributed by atoms with Gasteiger partial charge in [0.1, 0.15) is 5.82 Å². The van der Waals surface area contributed by atoms with Crippen molar-refractivity contribution in [1.82, 2.24) is 4.98 Å². The molecule has 0 bridgehead atoms. The minimum Gasteiger partial charge on any atom is -0.384 e. The quantitative estimate of drug-likeness (QED) is 0.396. The van der Waals surface area contributed by atoms with Crippen molar-refractivity contribution in [3.05, 3.63) is 85.1 Å². The minimum absolute atomic E-state index is 0.572. The van der Waals surface area contributed by atoms with Crippen LogP contribution in [0.3, 0.4) is 0 Å². The lowest BCUT2D eigenvalue weighted by Crippen LogP contribution is -1.85. The fourth-order valence-electron chi connectivity index (χ4n) is 3.05. The number of hydrogen-bond acceptors (Lipinski definition) is 2. The Kier molecular flexibility index (Phi) is 3.28. The Bertz CT molecular complexity index is 939. The first-order chi connectivity index (χ1) is 11.3. The van der Waals surface area contributed by atoms with E-state index >= 15 is 0 Å². The van der Waals surface area contributed by atoms with Crippen LogP contribution in [0.5, 0.6) is 0 Å². The fraction of sp³-hybridized carbons (Fsp3) is 0. The van der Waals surface area contributed by atoms with Crippen molar-refractivity contribution in [1.29, 1.82) is 0 Å². The molecule has 4 aromatic carbocycles. The van der Waals surface area contributed by atoms with E-state index in [1.54, 1.807) is 12.3 Å². The Morgan fingerprint density at radius 1 is 0.522 bits per heavy atom. The molecule has 0 amide bonds. The molecule has 0 saturated carbocycles. The van der Waals surface area contributed by atoms with Crippen molar-refractivity contribution in [3.8, 4) is 0 Å². The molecule has 0 unspecified atom stereocenters. The van der Waals surface area contributed by atoms with Crippen molar-refractivity contribution >= 4 is 38.1 Å². The third-order valence-electron chi connectivity index (χ3n) is 4.08. The van der Waals surface area contributed by atoms with Crippen molar-refractivity contribution in [2.45, 2.75) is 0 Å². The Hall–Kier alpha value is -3.13. The average Bonchev–Trinajstić information content (AvgIpc) is 2.61. The highest BCUT2D eigenvalue weighted by Gasteiger charge is 2.05. The molecule has 0 spiro atoms. The second kappa shape index (κ2) is 5.58. The third kappa shape index (κ3) is 2.44. The lowest BCUT2D eigenvalue weighted by molar-refractivity contribution is 1.34. The lowest BCUT2D eigenvalue weighted by Gasteiger charge is -2.09. The zero-order valence-electron chi connectivity index (χ0n) is 12.6. The SMILES string of the molecule is Nc1ccccn1.c1cc2ccc3cccc4ccc(c1)c2c34. The highest BCUT2D eigenvalue weighted by molar-refractivity contribution is 6.22. The Morgan fingerprint density at radius 2 is 1.00 bits per heavy atom. The first-order valence-electron chi connectivity index (χ1n) is 7.62. The molecule has 110 valence electrons. The molecule has 5 rings (SSSR count). The molecule has 2 N–H and O–H groups in total. The van der Waals surface area contributed by atoms with E-state index in [0.29, 0.717) is 5.82 Å². The van der Waals surface area contributed by atoms with Gasteiger partial charge in [-0.1, -0.05) is 66.7 Å². The van der Waals surface area contributed by atoms with Crippen LogP contribution in [0, 0.1) is 0 Å². The highest BCUT2D eigenvalue weighted by atomic mass is 14.8. The van der Waals surface area contributed by atoms with Crippen molar-refractivity contribution in [3.63, 3.8) is 0 Å². The van der Waals surface area contributed by atoms with Crippen LogP contribution in [0.2, 0.25) is 0 Å². The zero-order chi connectivity index (χ0) is 15.6. The second-order valence-corrected chi connectivity index (χ2v) is 5.54. The van der Waals surface area contributed by atoms with Gasteiger partial charge >= 0.3 is 0 Å². The van der Waals surface area contributed by atoms with Crippen molar-refractivity contribution in [2.24, 2.45) is 0 Å². The van der Waals surface area contributed by atoms with Gasteiger partial charge in [-0.05, 0) is 44.5 Å². The predicted molar refractivity (Wildman–Crippen MR) is 98.8 cm³/mol. The maximum atomic E-state index is 5.25. The molecule has 1 aromatic heterocycles. The number of hydrogen-bond donors (Lipinski definition) is 1. The Labute approximate surface area is 134 Å². The van der Waals surface area contributed by atoms with Gasteiger partial charge in [-0.25, -0.2) is 4.98 Å². The second-order valence-electron chi connectivity index (χ2n) is 5.54. The molecule has 0 saturated heterocycles. The normalized spacial score (nSPS) is 10.8. The van der Waals surface area contributed by atoms with Crippen LogP contribution in [-0.4, -0.2) is 4.98 Å². The number of pyridine rings is 1. The van der Waals surface area contributed by atoms with Gasteiger partial charge in [-0.2, -0.15) is 0 Å². The molecule has 0 radical (unpaired) electrons. The van der Waals surface area contributed by atoms with Gasteiger partial charge in [0.15, 0.2) is 0 Å². The Morgan fingerprint density at radius 3 is 1.30 bits per heavy atom. The fourth-order valence-corrected chi connectivity index (χ4v) is 3.05. The van der Waals surface area contributed by atoms with Gasteiger partial charge < -0.3 is 5.73 Å². The van der Waals surface area contributed by atoms with Gasteiger partial charge in [0.05, 0.1) is 0 Å². The molecule has 2 heteroatoms. The molecule has 1 heterocycles. The summed E-state index contributed by atoms with van der Waals surface area (Å²) >= 11 is 0. The standard InChI is InChI=1S/C16H10.C5H6N2/c1-3-11-7-9-13-5-2-6-14-10-8-12(4-1)15(11)16(13)14;6-5-3-1-2-4-7-5/h1-10H;1-4H,(H2,6,7). The van der Waals surface area contributed by atoms with E-state index in [1.807, 2.05) is 12.1 Å². The van der Waals surface area contributed by atoms with Crippen molar-refractivity contribution < 1.29 is 0 Å². The summed E-state index contributed by atoms with van der Waals surface area (Å²) < 4.78 is 0. The summed E-state index contributed by atoms with van der Waals surface area (Å²) in [4.78, 5) is 3.76. The summed E-state index contributed by atoms with van der Waals surface area (Å²) in [5, 5.41) is 8.14. The predicted octanol–water partition coefficient (Wildman–Crippen LogP) is 5.25. The number of nitrogen functional groups attached to an aromatic ring is 1. The molecule has 5 aromatic rings.